The highest BCUT2D eigenvalue weighted by Crippen LogP contribution is 2.50. The van der Waals surface area contributed by atoms with Crippen LogP contribution in [-0.2, 0) is 0 Å². The quantitative estimate of drug-likeness (QED) is 0.772. The summed E-state index contributed by atoms with van der Waals surface area (Å²) in [6.07, 6.45) is 6.52. The zero-order chi connectivity index (χ0) is 11.1. The van der Waals surface area contributed by atoms with Crippen molar-refractivity contribution >= 4 is 0 Å². The zero-order valence-corrected chi connectivity index (χ0v) is 10.6. The fraction of sp³-hybridized carbons (Fsp3) is 1.00. The third-order valence-electron chi connectivity index (χ3n) is 5.06. The van der Waals surface area contributed by atoms with E-state index < -0.39 is 0 Å². The van der Waals surface area contributed by atoms with Crippen molar-refractivity contribution < 1.29 is 0 Å². The van der Waals surface area contributed by atoms with E-state index in [1.165, 1.54) is 45.2 Å². The van der Waals surface area contributed by atoms with Crippen molar-refractivity contribution in [2.75, 3.05) is 13.1 Å². The third kappa shape index (κ3) is 1.62. The molecule has 2 N–H and O–H groups in total. The Morgan fingerprint density at radius 3 is 2.40 bits per heavy atom. The molecule has 1 saturated carbocycles. The number of likely N-dealkylation sites (tertiary alicyclic amines) is 1. The van der Waals surface area contributed by atoms with Crippen molar-refractivity contribution in [3.8, 4) is 0 Å². The Morgan fingerprint density at radius 2 is 2.07 bits per heavy atom. The fourth-order valence-corrected chi connectivity index (χ4v) is 3.30. The van der Waals surface area contributed by atoms with E-state index in [-0.39, 0.29) is 0 Å². The first-order valence-electron chi connectivity index (χ1n) is 6.57. The summed E-state index contributed by atoms with van der Waals surface area (Å²) in [6.45, 7) is 9.56. The summed E-state index contributed by atoms with van der Waals surface area (Å²) in [5.41, 5.74) is 7.08. The molecule has 15 heavy (non-hydrogen) atoms. The highest BCUT2D eigenvalue weighted by Gasteiger charge is 2.56. The van der Waals surface area contributed by atoms with Crippen molar-refractivity contribution in [1.82, 2.24) is 4.90 Å². The van der Waals surface area contributed by atoms with Gasteiger partial charge in [-0.1, -0.05) is 20.3 Å². The molecular formula is C13H26N2. The van der Waals surface area contributed by atoms with E-state index >= 15 is 0 Å². The highest BCUT2D eigenvalue weighted by atomic mass is 15.3. The van der Waals surface area contributed by atoms with Gasteiger partial charge in [-0.25, -0.2) is 0 Å². The van der Waals surface area contributed by atoms with Crippen LogP contribution in [0.25, 0.3) is 0 Å². The van der Waals surface area contributed by atoms with Gasteiger partial charge in [0.2, 0.25) is 0 Å². The molecule has 2 fully saturated rings. The Balaban J connectivity index is 1.91. The second-order valence-electron chi connectivity index (χ2n) is 5.96. The number of hydrogen-bond acceptors (Lipinski definition) is 2. The molecule has 1 spiro atoms. The largest absolute Gasteiger partial charge is 0.327 e. The Labute approximate surface area is 94.2 Å². The van der Waals surface area contributed by atoms with E-state index in [9.17, 15) is 0 Å². The minimum atomic E-state index is 0.440. The first-order valence-corrected chi connectivity index (χ1v) is 6.57. The molecule has 88 valence electrons. The van der Waals surface area contributed by atoms with E-state index in [0.29, 0.717) is 17.0 Å². The van der Waals surface area contributed by atoms with Gasteiger partial charge in [-0.05, 0) is 32.6 Å². The predicted octanol–water partition coefficient (Wildman–Crippen LogP) is 2.38. The van der Waals surface area contributed by atoms with Crippen LogP contribution in [0.1, 0.15) is 52.9 Å². The van der Waals surface area contributed by atoms with Crippen LogP contribution in [0.2, 0.25) is 0 Å². The molecule has 2 aliphatic rings. The lowest BCUT2D eigenvalue weighted by Crippen LogP contribution is -2.73. The van der Waals surface area contributed by atoms with Crippen LogP contribution in [0.3, 0.4) is 0 Å². The second kappa shape index (κ2) is 3.74. The molecule has 0 amide bonds. The van der Waals surface area contributed by atoms with Crippen molar-refractivity contribution in [3.05, 3.63) is 0 Å². The summed E-state index contributed by atoms with van der Waals surface area (Å²) in [5, 5.41) is 0. The number of rotatable bonds is 4. The first kappa shape index (κ1) is 11.4. The van der Waals surface area contributed by atoms with Crippen molar-refractivity contribution in [2.24, 2.45) is 11.1 Å². The average molecular weight is 210 g/mol. The Kier molecular flexibility index (Phi) is 2.85. The van der Waals surface area contributed by atoms with Gasteiger partial charge in [0, 0.05) is 30.1 Å². The molecule has 0 aromatic heterocycles. The molecule has 2 heteroatoms. The smallest absolute Gasteiger partial charge is 0.0179 e. The summed E-state index contributed by atoms with van der Waals surface area (Å²) < 4.78 is 0. The molecule has 1 aliphatic heterocycles. The minimum Gasteiger partial charge on any atom is -0.327 e. The molecule has 2 atom stereocenters. The topological polar surface area (TPSA) is 29.3 Å². The molecule has 2 nitrogen and oxygen atoms in total. The van der Waals surface area contributed by atoms with E-state index in [4.69, 9.17) is 5.73 Å². The lowest BCUT2D eigenvalue weighted by atomic mass is 9.58. The number of nitrogens with two attached hydrogens (primary N) is 1. The Bertz CT molecular complexity index is 233. The maximum atomic E-state index is 6.11. The molecule has 1 aliphatic carbocycles. The van der Waals surface area contributed by atoms with Gasteiger partial charge in [-0.3, -0.25) is 4.90 Å². The molecule has 1 saturated heterocycles. The first-order chi connectivity index (χ1) is 7.06. The van der Waals surface area contributed by atoms with Gasteiger partial charge in [0.25, 0.3) is 0 Å². The third-order valence-corrected chi connectivity index (χ3v) is 5.06. The van der Waals surface area contributed by atoms with Crippen LogP contribution in [-0.4, -0.2) is 29.6 Å². The molecule has 0 radical (unpaired) electrons. The van der Waals surface area contributed by atoms with Crippen molar-refractivity contribution in [1.29, 1.82) is 0 Å². The lowest BCUT2D eigenvalue weighted by molar-refractivity contribution is -0.130. The molecule has 1 heterocycles. The van der Waals surface area contributed by atoms with Gasteiger partial charge in [0.05, 0.1) is 0 Å². The fourth-order valence-electron chi connectivity index (χ4n) is 3.30. The van der Waals surface area contributed by atoms with E-state index in [0.717, 1.165) is 0 Å². The van der Waals surface area contributed by atoms with Gasteiger partial charge in [0.1, 0.15) is 0 Å². The Hall–Kier alpha value is -0.0800. The minimum absolute atomic E-state index is 0.440. The average Bonchev–Trinajstić information content (AvgIpc) is 2.14. The summed E-state index contributed by atoms with van der Waals surface area (Å²) >= 11 is 0. The maximum absolute atomic E-state index is 6.11. The van der Waals surface area contributed by atoms with Crippen LogP contribution in [0.15, 0.2) is 0 Å². The van der Waals surface area contributed by atoms with Gasteiger partial charge in [-0.2, -0.15) is 0 Å². The predicted molar refractivity (Wildman–Crippen MR) is 64.8 cm³/mol. The van der Waals surface area contributed by atoms with Gasteiger partial charge in [0.15, 0.2) is 0 Å². The summed E-state index contributed by atoms with van der Waals surface area (Å²) in [6, 6.07) is 0.497. The number of hydrogen-bond donors (Lipinski definition) is 1. The SMILES string of the molecule is CCCC(C)(CC)N1CC2(CCC2N)C1. The Morgan fingerprint density at radius 1 is 1.40 bits per heavy atom. The normalized spacial score (nSPS) is 33.2. The van der Waals surface area contributed by atoms with Gasteiger partial charge in [-0.15, -0.1) is 0 Å². The number of nitrogens with zero attached hydrogens (tertiary/aromatic N) is 1. The molecular weight excluding hydrogens is 184 g/mol. The zero-order valence-electron chi connectivity index (χ0n) is 10.6. The summed E-state index contributed by atoms with van der Waals surface area (Å²) in [5.74, 6) is 0. The molecule has 0 bridgehead atoms. The van der Waals surface area contributed by atoms with Gasteiger partial charge < -0.3 is 5.73 Å². The van der Waals surface area contributed by atoms with Crippen LogP contribution >= 0.6 is 0 Å². The van der Waals surface area contributed by atoms with Crippen LogP contribution in [0.5, 0.6) is 0 Å². The van der Waals surface area contributed by atoms with Crippen LogP contribution in [0, 0.1) is 5.41 Å². The monoisotopic (exact) mass is 210 g/mol. The molecule has 2 rings (SSSR count). The van der Waals surface area contributed by atoms with E-state index in [2.05, 4.69) is 25.7 Å². The molecule has 0 aromatic rings. The van der Waals surface area contributed by atoms with E-state index in [1.54, 1.807) is 0 Å². The standard InChI is InChI=1S/C13H26N2/c1-4-7-12(3,5-2)15-9-13(10-15)8-6-11(13)14/h11H,4-10,14H2,1-3H3. The van der Waals surface area contributed by atoms with Crippen molar-refractivity contribution in [3.63, 3.8) is 0 Å². The lowest BCUT2D eigenvalue weighted by Gasteiger charge is -2.64. The molecule has 2 unspecified atom stereocenters. The highest BCUT2D eigenvalue weighted by molar-refractivity contribution is 5.11. The van der Waals surface area contributed by atoms with Crippen LogP contribution < -0.4 is 5.73 Å². The van der Waals surface area contributed by atoms with Crippen molar-refractivity contribution in [2.45, 2.75) is 64.5 Å². The van der Waals surface area contributed by atoms with Gasteiger partial charge >= 0.3 is 0 Å². The molecule has 0 aromatic carbocycles. The second-order valence-corrected chi connectivity index (χ2v) is 5.96. The summed E-state index contributed by atoms with van der Waals surface area (Å²) in [4.78, 5) is 2.68. The van der Waals surface area contributed by atoms with E-state index in [1.807, 2.05) is 0 Å². The summed E-state index contributed by atoms with van der Waals surface area (Å²) in [7, 11) is 0. The van der Waals surface area contributed by atoms with Crippen LogP contribution in [0.4, 0.5) is 0 Å². The maximum Gasteiger partial charge on any atom is 0.0179 e.